The molecule has 154 valence electrons. The molecule has 8 nitrogen and oxygen atoms in total. The summed E-state index contributed by atoms with van der Waals surface area (Å²) >= 11 is 0. The van der Waals surface area contributed by atoms with Crippen molar-refractivity contribution >= 4 is 17.8 Å². The predicted octanol–water partition coefficient (Wildman–Crippen LogP) is 2.24. The number of hydrogen-bond donors (Lipinski definition) is 4. The Labute approximate surface area is 167 Å². The summed E-state index contributed by atoms with van der Waals surface area (Å²) in [7, 11) is 0. The van der Waals surface area contributed by atoms with Crippen LogP contribution in [-0.2, 0) is 11.3 Å². The second-order valence-electron chi connectivity index (χ2n) is 7.85. The van der Waals surface area contributed by atoms with E-state index in [1.807, 2.05) is 17.3 Å². The summed E-state index contributed by atoms with van der Waals surface area (Å²) in [6.07, 6.45) is 4.89. The summed E-state index contributed by atoms with van der Waals surface area (Å²) in [6.45, 7) is 11.3. The number of nitrogens with one attached hydrogen (secondary N) is 3. The van der Waals surface area contributed by atoms with Crippen molar-refractivity contribution in [3.05, 3.63) is 41.5 Å². The van der Waals surface area contributed by atoms with Crippen molar-refractivity contribution in [1.29, 1.82) is 0 Å². The van der Waals surface area contributed by atoms with Gasteiger partial charge in [-0.15, -0.1) is 10.2 Å². The molecule has 8 heteroatoms. The highest BCUT2D eigenvalue weighted by molar-refractivity contribution is 5.90. The third kappa shape index (κ3) is 6.95. The minimum Gasteiger partial charge on any atom is -0.299 e. The summed E-state index contributed by atoms with van der Waals surface area (Å²) in [6, 6.07) is 8.06. The summed E-state index contributed by atoms with van der Waals surface area (Å²) in [5, 5.41) is 14.8. The third-order valence-electron chi connectivity index (χ3n) is 4.32. The topological polar surface area (TPSA) is 92.2 Å². The molecule has 1 heterocycles. The first-order valence-electron chi connectivity index (χ1n) is 9.64. The van der Waals surface area contributed by atoms with Crippen molar-refractivity contribution in [2.45, 2.75) is 52.6 Å². The van der Waals surface area contributed by atoms with Crippen LogP contribution in [-0.4, -0.2) is 45.6 Å². The van der Waals surface area contributed by atoms with Gasteiger partial charge < -0.3 is 0 Å². The van der Waals surface area contributed by atoms with Gasteiger partial charge in [-0.25, -0.2) is 11.0 Å². The molecular weight excluding hydrogens is 356 g/mol. The van der Waals surface area contributed by atoms with Crippen LogP contribution >= 0.6 is 0 Å². The van der Waals surface area contributed by atoms with Crippen molar-refractivity contribution in [1.82, 2.24) is 26.5 Å². The Bertz CT molecular complexity index is 694. The Morgan fingerprint density at radius 2 is 2.00 bits per heavy atom. The van der Waals surface area contributed by atoms with Crippen LogP contribution in [0.15, 0.2) is 35.4 Å². The standard InChI is InChI=1S/C20H32N6O2/c1-5-13-25(14-12-18-21-24-26(22-18)20(2,3)4)15-17-8-6-16(7-9-17)10-11-19(27)23-28/h6-11,24,28H,5,12-15H2,1-4H3,(H,21,22)(H,23,27)/b11-10+. The lowest BCUT2D eigenvalue weighted by Crippen LogP contribution is -2.53. The number of carbonyl (C=O) groups excluding carboxylic acids is 1. The molecule has 1 aromatic rings. The molecular formula is C20H32N6O2. The van der Waals surface area contributed by atoms with E-state index < -0.39 is 5.91 Å². The highest BCUT2D eigenvalue weighted by Crippen LogP contribution is 2.12. The van der Waals surface area contributed by atoms with E-state index in [1.165, 1.54) is 11.6 Å². The fraction of sp³-hybridized carbons (Fsp3) is 0.500. The van der Waals surface area contributed by atoms with Gasteiger partial charge in [0.15, 0.2) is 0 Å². The molecule has 0 saturated carbocycles. The van der Waals surface area contributed by atoms with E-state index in [0.717, 1.165) is 43.9 Å². The number of amidine groups is 1. The molecule has 0 aliphatic carbocycles. The quantitative estimate of drug-likeness (QED) is 0.295. The Kier molecular flexibility index (Phi) is 7.98. The summed E-state index contributed by atoms with van der Waals surface area (Å²) < 4.78 is 0. The number of hydrogen-bond acceptors (Lipinski definition) is 7. The summed E-state index contributed by atoms with van der Waals surface area (Å²) in [4.78, 5) is 13.5. The monoisotopic (exact) mass is 388 g/mol. The number of carbonyl (C=O) groups is 1. The van der Waals surface area contributed by atoms with Crippen molar-refractivity contribution in [3.8, 4) is 0 Å². The fourth-order valence-corrected chi connectivity index (χ4v) is 2.77. The molecule has 1 aliphatic rings. The SMILES string of the molecule is CCCN(CCC1=NNN(C(C)(C)C)N1)Cc1ccc(/C=C/C(=O)NO)cc1. The van der Waals surface area contributed by atoms with Crippen LogP contribution in [0.25, 0.3) is 6.08 Å². The largest absolute Gasteiger partial charge is 0.299 e. The minimum atomic E-state index is -0.541. The van der Waals surface area contributed by atoms with Crippen LogP contribution < -0.4 is 16.4 Å². The van der Waals surface area contributed by atoms with E-state index in [4.69, 9.17) is 5.21 Å². The Balaban J connectivity index is 1.87. The van der Waals surface area contributed by atoms with Crippen molar-refractivity contribution in [3.63, 3.8) is 0 Å². The van der Waals surface area contributed by atoms with E-state index in [-0.39, 0.29) is 5.54 Å². The zero-order valence-corrected chi connectivity index (χ0v) is 17.2. The lowest BCUT2D eigenvalue weighted by Gasteiger charge is -2.30. The van der Waals surface area contributed by atoms with Gasteiger partial charge in [0.2, 0.25) is 0 Å². The van der Waals surface area contributed by atoms with Gasteiger partial charge in [-0.3, -0.25) is 20.3 Å². The Hall–Kier alpha value is -2.42. The van der Waals surface area contributed by atoms with Crippen molar-refractivity contribution in [2.24, 2.45) is 5.10 Å². The maximum absolute atomic E-state index is 11.0. The highest BCUT2D eigenvalue weighted by atomic mass is 16.5. The third-order valence-corrected chi connectivity index (χ3v) is 4.32. The number of hydrazone groups is 1. The van der Waals surface area contributed by atoms with Crippen LogP contribution in [0, 0.1) is 0 Å². The minimum absolute atomic E-state index is 0.0532. The summed E-state index contributed by atoms with van der Waals surface area (Å²) in [5.41, 5.74) is 9.99. The van der Waals surface area contributed by atoms with Gasteiger partial charge in [0.1, 0.15) is 5.84 Å². The number of nitrogens with zero attached hydrogens (tertiary/aromatic N) is 3. The molecule has 28 heavy (non-hydrogen) atoms. The number of rotatable bonds is 9. The summed E-state index contributed by atoms with van der Waals surface area (Å²) in [5.74, 6) is 0.403. The average molecular weight is 389 g/mol. The van der Waals surface area contributed by atoms with E-state index in [0.29, 0.717) is 0 Å². The molecule has 0 atom stereocenters. The fourth-order valence-electron chi connectivity index (χ4n) is 2.77. The Morgan fingerprint density at radius 1 is 1.29 bits per heavy atom. The normalized spacial score (nSPS) is 14.9. The average Bonchev–Trinajstić information content (AvgIpc) is 3.15. The molecule has 0 aromatic heterocycles. The molecule has 1 aromatic carbocycles. The van der Waals surface area contributed by atoms with Gasteiger partial charge in [0.05, 0.1) is 5.54 Å². The van der Waals surface area contributed by atoms with Gasteiger partial charge in [-0.1, -0.05) is 31.2 Å². The number of hydrazine groups is 2. The van der Waals surface area contributed by atoms with Crippen molar-refractivity contribution < 1.29 is 10.0 Å². The first kappa shape index (κ1) is 21.9. The molecule has 1 aliphatic heterocycles. The van der Waals surface area contributed by atoms with Gasteiger partial charge in [-0.2, -0.15) is 0 Å². The maximum Gasteiger partial charge on any atom is 0.267 e. The van der Waals surface area contributed by atoms with E-state index in [1.54, 1.807) is 11.6 Å². The van der Waals surface area contributed by atoms with Gasteiger partial charge >= 0.3 is 0 Å². The molecule has 0 spiro atoms. The highest BCUT2D eigenvalue weighted by Gasteiger charge is 2.26. The van der Waals surface area contributed by atoms with E-state index in [9.17, 15) is 4.79 Å². The van der Waals surface area contributed by atoms with Gasteiger partial charge in [-0.05, 0) is 50.9 Å². The zero-order valence-electron chi connectivity index (χ0n) is 17.2. The predicted molar refractivity (Wildman–Crippen MR) is 111 cm³/mol. The van der Waals surface area contributed by atoms with E-state index in [2.05, 4.69) is 60.8 Å². The Morgan fingerprint density at radius 3 is 2.57 bits per heavy atom. The maximum atomic E-state index is 11.0. The molecule has 0 unspecified atom stereocenters. The molecule has 0 fully saturated rings. The number of hydroxylamine groups is 1. The van der Waals surface area contributed by atoms with Crippen molar-refractivity contribution in [2.75, 3.05) is 13.1 Å². The first-order valence-corrected chi connectivity index (χ1v) is 9.64. The van der Waals surface area contributed by atoms with Gasteiger partial charge in [0, 0.05) is 25.6 Å². The van der Waals surface area contributed by atoms with Crippen LogP contribution in [0.1, 0.15) is 51.7 Å². The first-order chi connectivity index (χ1) is 13.3. The lowest BCUT2D eigenvalue weighted by molar-refractivity contribution is -0.124. The molecule has 2 rings (SSSR count). The molecule has 1 amide bonds. The number of benzene rings is 1. The second-order valence-corrected chi connectivity index (χ2v) is 7.85. The second kappa shape index (κ2) is 10.2. The zero-order chi connectivity index (χ0) is 20.6. The van der Waals surface area contributed by atoms with E-state index >= 15 is 0 Å². The van der Waals surface area contributed by atoms with Crippen LogP contribution in [0.5, 0.6) is 0 Å². The smallest absolute Gasteiger partial charge is 0.267 e. The van der Waals surface area contributed by atoms with Crippen LogP contribution in [0.3, 0.4) is 0 Å². The van der Waals surface area contributed by atoms with Crippen LogP contribution in [0.4, 0.5) is 0 Å². The van der Waals surface area contributed by atoms with Gasteiger partial charge in [0.25, 0.3) is 5.91 Å². The number of amides is 1. The molecule has 0 radical (unpaired) electrons. The lowest BCUT2D eigenvalue weighted by atomic mass is 10.1. The molecule has 0 bridgehead atoms. The molecule has 4 N–H and O–H groups in total. The molecule has 0 saturated heterocycles. The van der Waals surface area contributed by atoms with Crippen LogP contribution in [0.2, 0.25) is 0 Å².